The molecular weight excluding hydrogens is 357 g/mol. The van der Waals surface area contributed by atoms with Crippen LogP contribution in [-0.4, -0.2) is 22.0 Å². The highest BCUT2D eigenvalue weighted by molar-refractivity contribution is 7.84. The topological polar surface area (TPSA) is 55.4 Å². The monoisotopic (exact) mass is 377 g/mol. The molecule has 0 spiro atoms. The van der Waals surface area contributed by atoms with Crippen LogP contribution in [-0.2, 0) is 15.7 Å². The van der Waals surface area contributed by atoms with Crippen molar-refractivity contribution in [3.05, 3.63) is 46.0 Å². The third-order valence-electron chi connectivity index (χ3n) is 3.08. The van der Waals surface area contributed by atoms with Gasteiger partial charge in [-0.15, -0.1) is 6.58 Å². The van der Waals surface area contributed by atoms with Crippen LogP contribution in [0.15, 0.2) is 24.8 Å². The fraction of sp³-hybridized carbons (Fsp3) is 0.438. The Morgan fingerprint density at radius 1 is 1.39 bits per heavy atom. The maximum atomic E-state index is 12.4. The average molecular weight is 378 g/mol. The summed E-state index contributed by atoms with van der Waals surface area (Å²) in [5, 5.41) is 0.567. The van der Waals surface area contributed by atoms with Crippen LogP contribution in [0.1, 0.15) is 49.2 Å². The smallest absolute Gasteiger partial charge is 0.338 e. The normalized spacial score (nSPS) is 14.2. The number of benzene rings is 1. The van der Waals surface area contributed by atoms with E-state index in [-0.39, 0.29) is 10.6 Å². The van der Waals surface area contributed by atoms with E-state index in [2.05, 4.69) is 11.3 Å². The average Bonchev–Trinajstić information content (AvgIpc) is 2.47. The van der Waals surface area contributed by atoms with Gasteiger partial charge in [0.1, 0.15) is 0 Å². The fourth-order valence-corrected chi connectivity index (χ4v) is 3.02. The third-order valence-corrected chi connectivity index (χ3v) is 5.41. The summed E-state index contributed by atoms with van der Waals surface area (Å²) in [5.41, 5.74) is 0.857. The fourth-order valence-electron chi connectivity index (χ4n) is 1.85. The quantitative estimate of drug-likeness (QED) is 0.588. The molecule has 23 heavy (non-hydrogen) atoms. The van der Waals surface area contributed by atoms with Crippen LogP contribution in [0.4, 0.5) is 0 Å². The first-order valence-electron chi connectivity index (χ1n) is 6.98. The van der Waals surface area contributed by atoms with Crippen LogP contribution in [0.25, 0.3) is 0 Å². The molecular formula is C16H21Cl2NO3S. The van der Waals surface area contributed by atoms with Gasteiger partial charge in [-0.3, -0.25) is 0 Å². The summed E-state index contributed by atoms with van der Waals surface area (Å²) in [6.07, 6.45) is 2.14. The van der Waals surface area contributed by atoms with Gasteiger partial charge in [-0.05, 0) is 44.9 Å². The molecule has 0 radical (unpaired) electrons. The van der Waals surface area contributed by atoms with Gasteiger partial charge in [-0.2, -0.15) is 0 Å². The first-order chi connectivity index (χ1) is 10.6. The molecule has 7 heteroatoms. The third kappa shape index (κ3) is 5.31. The maximum absolute atomic E-state index is 12.4. The minimum atomic E-state index is -1.33. The lowest BCUT2D eigenvalue weighted by atomic mass is 9.98. The molecule has 0 saturated heterocycles. The second-order valence-corrected chi connectivity index (χ2v) is 8.73. The van der Waals surface area contributed by atoms with Gasteiger partial charge in [0.15, 0.2) is 0 Å². The molecule has 0 aliphatic heterocycles. The van der Waals surface area contributed by atoms with Gasteiger partial charge in [0, 0.05) is 6.04 Å². The number of carbonyl (C=O) groups excluding carboxylic acids is 1. The van der Waals surface area contributed by atoms with Crippen LogP contribution in [0.3, 0.4) is 0 Å². The summed E-state index contributed by atoms with van der Waals surface area (Å²) in [4.78, 5) is 12.0. The molecule has 1 aromatic carbocycles. The zero-order valence-electron chi connectivity index (χ0n) is 13.6. The van der Waals surface area contributed by atoms with Gasteiger partial charge in [0.2, 0.25) is 0 Å². The molecule has 1 rings (SSSR count). The summed E-state index contributed by atoms with van der Waals surface area (Å²) in [6.45, 7) is 9.29. The molecule has 4 nitrogen and oxygen atoms in total. The number of nitrogens with one attached hydrogen (secondary N) is 1. The van der Waals surface area contributed by atoms with Crippen molar-refractivity contribution in [3.8, 4) is 0 Å². The van der Waals surface area contributed by atoms with E-state index in [0.29, 0.717) is 17.0 Å². The second-order valence-electron chi connectivity index (χ2n) is 5.92. The Balaban J connectivity index is 3.35. The van der Waals surface area contributed by atoms with Crippen molar-refractivity contribution >= 4 is 40.2 Å². The first kappa shape index (κ1) is 20.2. The van der Waals surface area contributed by atoms with Crippen molar-refractivity contribution in [2.45, 2.75) is 38.0 Å². The molecule has 0 aromatic heterocycles. The molecule has 0 aliphatic rings. The van der Waals surface area contributed by atoms with E-state index in [1.807, 2.05) is 20.8 Å². The van der Waals surface area contributed by atoms with Gasteiger partial charge >= 0.3 is 5.97 Å². The van der Waals surface area contributed by atoms with E-state index in [4.69, 9.17) is 27.9 Å². The molecule has 0 saturated carbocycles. The number of esters is 1. The molecule has 1 N–H and O–H groups in total. The maximum Gasteiger partial charge on any atom is 0.338 e. The molecule has 0 fully saturated rings. The number of hydrogen-bond donors (Lipinski definition) is 1. The lowest BCUT2D eigenvalue weighted by molar-refractivity contribution is 0.0598. The first-order valence-corrected chi connectivity index (χ1v) is 8.88. The highest BCUT2D eigenvalue weighted by Crippen LogP contribution is 2.32. The van der Waals surface area contributed by atoms with Crippen molar-refractivity contribution in [3.63, 3.8) is 0 Å². The summed E-state index contributed by atoms with van der Waals surface area (Å²) in [5.74, 6) is -0.532. The summed E-state index contributed by atoms with van der Waals surface area (Å²) >= 11 is 12.1. The van der Waals surface area contributed by atoms with Gasteiger partial charge in [0.25, 0.3) is 0 Å². The Morgan fingerprint density at radius 2 is 1.96 bits per heavy atom. The Bertz CT molecular complexity index is 626. The molecule has 0 aliphatic carbocycles. The molecule has 0 unspecified atom stereocenters. The van der Waals surface area contributed by atoms with Crippen molar-refractivity contribution in [1.29, 1.82) is 0 Å². The van der Waals surface area contributed by atoms with Gasteiger partial charge in [-0.25, -0.2) is 13.7 Å². The zero-order chi connectivity index (χ0) is 17.8. The van der Waals surface area contributed by atoms with Crippen LogP contribution in [0.2, 0.25) is 10.0 Å². The van der Waals surface area contributed by atoms with Crippen molar-refractivity contribution in [2.24, 2.45) is 0 Å². The molecule has 0 amide bonds. The predicted octanol–water partition coefficient (Wildman–Crippen LogP) is 4.45. The number of methoxy groups -OCH3 is 1. The highest BCUT2D eigenvalue weighted by atomic mass is 35.5. The molecule has 0 heterocycles. The largest absolute Gasteiger partial charge is 0.465 e. The summed E-state index contributed by atoms with van der Waals surface area (Å²) < 4.78 is 19.8. The lowest BCUT2D eigenvalue weighted by Gasteiger charge is -2.25. The van der Waals surface area contributed by atoms with Gasteiger partial charge < -0.3 is 4.74 Å². The van der Waals surface area contributed by atoms with E-state index in [9.17, 15) is 9.00 Å². The minimum Gasteiger partial charge on any atom is -0.465 e. The van der Waals surface area contributed by atoms with Crippen LogP contribution in [0, 0.1) is 0 Å². The van der Waals surface area contributed by atoms with Crippen LogP contribution >= 0.6 is 23.2 Å². The number of carbonyl (C=O) groups is 1. The Hall–Kier alpha value is -0.880. The molecule has 0 bridgehead atoms. The number of halogens is 2. The van der Waals surface area contributed by atoms with Crippen LogP contribution in [0.5, 0.6) is 0 Å². The molecule has 2 atom stereocenters. The summed E-state index contributed by atoms with van der Waals surface area (Å²) in [6, 6.07) is 2.65. The number of ether oxygens (including phenoxy) is 1. The van der Waals surface area contributed by atoms with E-state index < -0.39 is 27.7 Å². The van der Waals surface area contributed by atoms with E-state index in [1.165, 1.54) is 13.2 Å². The van der Waals surface area contributed by atoms with Gasteiger partial charge in [0.05, 0.1) is 38.5 Å². The Labute approximate surface area is 149 Å². The number of hydrogen-bond acceptors (Lipinski definition) is 3. The predicted molar refractivity (Wildman–Crippen MR) is 96.4 cm³/mol. The Kier molecular flexibility index (Phi) is 7.27. The molecule has 1 aromatic rings. The Morgan fingerprint density at radius 3 is 2.43 bits per heavy atom. The van der Waals surface area contributed by atoms with E-state index in [0.717, 1.165) is 0 Å². The van der Waals surface area contributed by atoms with E-state index in [1.54, 1.807) is 12.1 Å². The van der Waals surface area contributed by atoms with Crippen LogP contribution < -0.4 is 4.72 Å². The number of rotatable bonds is 6. The van der Waals surface area contributed by atoms with E-state index >= 15 is 0 Å². The zero-order valence-corrected chi connectivity index (χ0v) is 15.9. The molecule has 128 valence electrons. The summed E-state index contributed by atoms with van der Waals surface area (Å²) in [7, 11) is -0.0412. The van der Waals surface area contributed by atoms with Gasteiger partial charge in [-0.1, -0.05) is 29.3 Å². The SMILES string of the molecule is C=CC[C@H](N[S@](=O)C(C)(C)C)c1cc(Cl)c(Cl)cc1C(=O)OC. The van der Waals surface area contributed by atoms with Crippen molar-refractivity contribution < 1.29 is 13.7 Å². The van der Waals surface area contributed by atoms with Crippen molar-refractivity contribution in [1.82, 2.24) is 4.72 Å². The van der Waals surface area contributed by atoms with Crippen molar-refractivity contribution in [2.75, 3.05) is 7.11 Å². The highest BCUT2D eigenvalue weighted by Gasteiger charge is 2.26. The minimum absolute atomic E-state index is 0.255. The second kappa shape index (κ2) is 8.29. The lowest BCUT2D eigenvalue weighted by Crippen LogP contribution is -2.36. The standard InChI is InChI=1S/C16H21Cl2NO3S/c1-6-7-14(19-23(21)16(2,3)4)10-8-12(17)13(18)9-11(10)15(20)22-5/h6,8-9,14,19H,1,7H2,2-5H3/t14-,23+/m0/s1.